The van der Waals surface area contributed by atoms with Crippen LogP contribution in [0.25, 0.3) is 0 Å². The number of nitrogens with zero attached hydrogens (tertiary/aromatic N) is 2. The maximum Gasteiger partial charge on any atom is 0.139 e. The molecule has 0 saturated heterocycles. The van der Waals surface area contributed by atoms with E-state index in [0.29, 0.717) is 5.92 Å². The topological polar surface area (TPSA) is 49.8 Å². The summed E-state index contributed by atoms with van der Waals surface area (Å²) in [7, 11) is 0. The standard InChI is InChI=1S/C16H22N4/c1-4-10-17-15-14(12(2)3)16(19-11-18-15)20-13-8-6-5-7-9-13/h5-9,11-12H,4,10H2,1-3H3,(H2,17,18,19,20). The quantitative estimate of drug-likeness (QED) is 0.827. The minimum absolute atomic E-state index is 0.349. The van der Waals surface area contributed by atoms with Crippen LogP contribution in [0.2, 0.25) is 0 Å². The van der Waals surface area contributed by atoms with Crippen molar-refractivity contribution in [1.82, 2.24) is 9.97 Å². The van der Waals surface area contributed by atoms with Crippen molar-refractivity contribution in [1.29, 1.82) is 0 Å². The van der Waals surface area contributed by atoms with Crippen LogP contribution >= 0.6 is 0 Å². The number of anilines is 3. The first-order valence-corrected chi connectivity index (χ1v) is 7.13. The molecule has 2 aromatic rings. The Bertz CT molecular complexity index is 537. The van der Waals surface area contributed by atoms with Gasteiger partial charge in [-0.1, -0.05) is 39.0 Å². The highest BCUT2D eigenvalue weighted by Gasteiger charge is 2.14. The minimum atomic E-state index is 0.349. The molecule has 4 nitrogen and oxygen atoms in total. The molecule has 2 rings (SSSR count). The third-order valence-corrected chi connectivity index (χ3v) is 3.04. The third kappa shape index (κ3) is 3.47. The number of aromatic nitrogens is 2. The second-order valence-electron chi connectivity index (χ2n) is 5.06. The van der Waals surface area contributed by atoms with Crippen LogP contribution < -0.4 is 10.6 Å². The average molecular weight is 270 g/mol. The summed E-state index contributed by atoms with van der Waals surface area (Å²) in [5.74, 6) is 2.15. The fraction of sp³-hybridized carbons (Fsp3) is 0.375. The predicted molar refractivity (Wildman–Crippen MR) is 84.6 cm³/mol. The fourth-order valence-electron chi connectivity index (χ4n) is 2.08. The van der Waals surface area contributed by atoms with Crippen LogP contribution in [0, 0.1) is 0 Å². The highest BCUT2D eigenvalue weighted by atomic mass is 15.1. The Morgan fingerprint density at radius 1 is 1.05 bits per heavy atom. The van der Waals surface area contributed by atoms with Crippen LogP contribution in [-0.4, -0.2) is 16.5 Å². The molecule has 2 N–H and O–H groups in total. The summed E-state index contributed by atoms with van der Waals surface area (Å²) in [6.07, 6.45) is 2.68. The number of nitrogens with one attached hydrogen (secondary N) is 2. The third-order valence-electron chi connectivity index (χ3n) is 3.04. The molecular formula is C16H22N4. The SMILES string of the molecule is CCCNc1ncnc(Nc2ccccc2)c1C(C)C. The molecule has 0 saturated carbocycles. The molecule has 20 heavy (non-hydrogen) atoms. The molecule has 4 heteroatoms. The molecule has 0 aliphatic carbocycles. The minimum Gasteiger partial charge on any atom is -0.370 e. The zero-order valence-corrected chi connectivity index (χ0v) is 12.4. The summed E-state index contributed by atoms with van der Waals surface area (Å²) < 4.78 is 0. The number of hydrogen-bond donors (Lipinski definition) is 2. The van der Waals surface area contributed by atoms with Crippen molar-refractivity contribution in [2.75, 3.05) is 17.2 Å². The van der Waals surface area contributed by atoms with Gasteiger partial charge in [0.25, 0.3) is 0 Å². The maximum absolute atomic E-state index is 4.40. The van der Waals surface area contributed by atoms with E-state index in [2.05, 4.69) is 41.4 Å². The Labute approximate surface area is 120 Å². The monoisotopic (exact) mass is 270 g/mol. The summed E-state index contributed by atoms with van der Waals surface area (Å²) in [5.41, 5.74) is 2.17. The van der Waals surface area contributed by atoms with Gasteiger partial charge in [0.1, 0.15) is 18.0 Å². The average Bonchev–Trinajstić information content (AvgIpc) is 2.46. The van der Waals surface area contributed by atoms with Crippen LogP contribution in [0.5, 0.6) is 0 Å². The Kier molecular flexibility index (Phi) is 4.93. The molecule has 0 radical (unpaired) electrons. The highest BCUT2D eigenvalue weighted by Crippen LogP contribution is 2.30. The molecule has 0 bridgehead atoms. The molecular weight excluding hydrogens is 248 g/mol. The van der Waals surface area contributed by atoms with Gasteiger partial charge in [-0.15, -0.1) is 0 Å². The zero-order valence-electron chi connectivity index (χ0n) is 12.4. The van der Waals surface area contributed by atoms with E-state index in [1.807, 2.05) is 30.3 Å². The molecule has 0 unspecified atom stereocenters. The van der Waals surface area contributed by atoms with Gasteiger partial charge >= 0.3 is 0 Å². The van der Waals surface area contributed by atoms with E-state index in [4.69, 9.17) is 0 Å². The summed E-state index contributed by atoms with van der Waals surface area (Å²) in [4.78, 5) is 8.78. The van der Waals surface area contributed by atoms with E-state index in [9.17, 15) is 0 Å². The number of hydrogen-bond acceptors (Lipinski definition) is 4. The fourth-order valence-corrected chi connectivity index (χ4v) is 2.08. The van der Waals surface area contributed by atoms with Crippen LogP contribution in [0.4, 0.5) is 17.3 Å². The van der Waals surface area contributed by atoms with Crippen molar-refractivity contribution < 1.29 is 0 Å². The van der Waals surface area contributed by atoms with E-state index in [-0.39, 0.29) is 0 Å². The van der Waals surface area contributed by atoms with Gasteiger partial charge < -0.3 is 10.6 Å². The van der Waals surface area contributed by atoms with Crippen molar-refractivity contribution in [2.24, 2.45) is 0 Å². The molecule has 106 valence electrons. The van der Waals surface area contributed by atoms with Gasteiger partial charge in [0.05, 0.1) is 0 Å². The van der Waals surface area contributed by atoms with Gasteiger partial charge in [-0.25, -0.2) is 9.97 Å². The number of benzene rings is 1. The second-order valence-corrected chi connectivity index (χ2v) is 5.06. The normalized spacial score (nSPS) is 10.6. The van der Waals surface area contributed by atoms with Crippen molar-refractivity contribution in [3.63, 3.8) is 0 Å². The second kappa shape index (κ2) is 6.89. The highest BCUT2D eigenvalue weighted by molar-refractivity contribution is 5.65. The van der Waals surface area contributed by atoms with Gasteiger partial charge in [0.2, 0.25) is 0 Å². The Hall–Kier alpha value is -2.10. The molecule has 0 spiro atoms. The van der Waals surface area contributed by atoms with Crippen molar-refractivity contribution in [2.45, 2.75) is 33.1 Å². The first kappa shape index (κ1) is 14.3. The molecule has 1 aromatic heterocycles. The smallest absolute Gasteiger partial charge is 0.139 e. The van der Waals surface area contributed by atoms with E-state index in [1.54, 1.807) is 6.33 Å². The summed E-state index contributed by atoms with van der Waals surface area (Å²) in [6, 6.07) is 10.1. The Morgan fingerprint density at radius 3 is 2.40 bits per heavy atom. The van der Waals surface area contributed by atoms with Crippen LogP contribution in [-0.2, 0) is 0 Å². The van der Waals surface area contributed by atoms with E-state index < -0.39 is 0 Å². The summed E-state index contributed by atoms with van der Waals surface area (Å²) in [6.45, 7) is 7.38. The first-order chi connectivity index (χ1) is 9.72. The molecule has 0 aliphatic rings. The van der Waals surface area contributed by atoms with Gasteiger partial charge in [0.15, 0.2) is 0 Å². The first-order valence-electron chi connectivity index (χ1n) is 7.13. The van der Waals surface area contributed by atoms with Gasteiger partial charge in [-0.3, -0.25) is 0 Å². The van der Waals surface area contributed by atoms with Gasteiger partial charge in [0, 0.05) is 17.8 Å². The number of rotatable bonds is 6. The lowest BCUT2D eigenvalue weighted by Crippen LogP contribution is -2.10. The molecule has 1 aromatic carbocycles. The van der Waals surface area contributed by atoms with Crippen molar-refractivity contribution in [3.8, 4) is 0 Å². The van der Waals surface area contributed by atoms with Crippen molar-refractivity contribution in [3.05, 3.63) is 42.2 Å². The van der Waals surface area contributed by atoms with E-state index >= 15 is 0 Å². The van der Waals surface area contributed by atoms with Gasteiger partial charge in [-0.05, 0) is 24.5 Å². The van der Waals surface area contributed by atoms with Crippen LogP contribution in [0.3, 0.4) is 0 Å². The number of para-hydroxylation sites is 1. The van der Waals surface area contributed by atoms with E-state index in [1.165, 1.54) is 0 Å². The molecule has 0 atom stereocenters. The maximum atomic E-state index is 4.40. The lowest BCUT2D eigenvalue weighted by atomic mass is 10.0. The summed E-state index contributed by atoms with van der Waals surface area (Å²) in [5, 5.41) is 6.76. The largest absolute Gasteiger partial charge is 0.370 e. The molecule has 0 aliphatic heterocycles. The Balaban J connectivity index is 2.32. The molecule has 0 amide bonds. The summed E-state index contributed by atoms with van der Waals surface area (Å²) >= 11 is 0. The zero-order chi connectivity index (χ0) is 14.4. The molecule has 0 fully saturated rings. The van der Waals surface area contributed by atoms with Gasteiger partial charge in [-0.2, -0.15) is 0 Å². The van der Waals surface area contributed by atoms with Crippen LogP contribution in [0.1, 0.15) is 38.7 Å². The van der Waals surface area contributed by atoms with Crippen molar-refractivity contribution >= 4 is 17.3 Å². The van der Waals surface area contributed by atoms with E-state index in [0.717, 1.165) is 35.9 Å². The molecule has 1 heterocycles. The predicted octanol–water partition coefficient (Wildman–Crippen LogP) is 4.17. The Morgan fingerprint density at radius 2 is 1.75 bits per heavy atom. The van der Waals surface area contributed by atoms with Crippen LogP contribution in [0.15, 0.2) is 36.7 Å². The lowest BCUT2D eigenvalue weighted by Gasteiger charge is -2.17. The lowest BCUT2D eigenvalue weighted by molar-refractivity contribution is 0.844.